The number of benzene rings is 3. The molecule has 6 heteroatoms. The van der Waals surface area contributed by atoms with E-state index in [4.69, 9.17) is 4.74 Å². The molecule has 0 saturated heterocycles. The number of aryl methyl sites for hydroxylation is 1. The van der Waals surface area contributed by atoms with Crippen molar-refractivity contribution >= 4 is 32.7 Å². The van der Waals surface area contributed by atoms with E-state index in [1.807, 2.05) is 49.4 Å². The topological polar surface area (TPSA) is 65.4 Å². The Morgan fingerprint density at radius 2 is 1.61 bits per heavy atom. The van der Waals surface area contributed by atoms with Gasteiger partial charge in [0, 0.05) is 23.8 Å². The number of ether oxygens (including phenoxy) is 1. The number of nitrogens with zero attached hydrogens (tertiary/aromatic N) is 1. The maximum atomic E-state index is 14.2. The normalized spacial score (nSPS) is 15.4. The Balaban J connectivity index is 1.89. The lowest BCUT2D eigenvalue weighted by Crippen LogP contribution is -2.16. The zero-order valence-electron chi connectivity index (χ0n) is 20.7. The predicted octanol–water partition coefficient (Wildman–Crippen LogP) is 6.80. The third kappa shape index (κ3) is 3.95. The monoisotopic (exact) mass is 499 g/mol. The molecule has 0 spiro atoms. The van der Waals surface area contributed by atoms with E-state index in [0.29, 0.717) is 23.4 Å². The summed E-state index contributed by atoms with van der Waals surface area (Å²) in [6.45, 7) is 5.40. The van der Waals surface area contributed by atoms with Gasteiger partial charge in [0.2, 0.25) is 0 Å². The third-order valence-corrected chi connectivity index (χ3v) is 8.48. The summed E-state index contributed by atoms with van der Waals surface area (Å²) in [4.78, 5) is 12.5. The van der Waals surface area contributed by atoms with Gasteiger partial charge in [-0.15, -0.1) is 0 Å². The minimum Gasteiger partial charge on any atom is -0.424 e. The van der Waals surface area contributed by atoms with Crippen molar-refractivity contribution in [1.82, 2.24) is 3.97 Å². The van der Waals surface area contributed by atoms with E-state index >= 15 is 0 Å². The second-order valence-electron chi connectivity index (χ2n) is 9.26. The van der Waals surface area contributed by atoms with Crippen LogP contribution in [0.4, 0.5) is 0 Å². The quantitative estimate of drug-likeness (QED) is 0.262. The molecule has 1 heterocycles. The highest BCUT2D eigenvalue weighted by molar-refractivity contribution is 7.90. The minimum atomic E-state index is -3.99. The van der Waals surface area contributed by atoms with Crippen molar-refractivity contribution in [3.63, 3.8) is 0 Å². The maximum absolute atomic E-state index is 14.2. The van der Waals surface area contributed by atoms with E-state index in [1.54, 1.807) is 24.3 Å². The van der Waals surface area contributed by atoms with E-state index in [2.05, 4.69) is 19.1 Å². The maximum Gasteiger partial charge on any atom is 0.308 e. The molecule has 184 valence electrons. The van der Waals surface area contributed by atoms with E-state index in [1.165, 1.54) is 10.9 Å². The molecule has 0 radical (unpaired) electrons. The first-order valence-electron chi connectivity index (χ1n) is 12.3. The molecule has 5 rings (SSSR count). The van der Waals surface area contributed by atoms with Crippen molar-refractivity contribution in [3.8, 4) is 0 Å². The fourth-order valence-electron chi connectivity index (χ4n) is 5.16. The van der Waals surface area contributed by atoms with Crippen LogP contribution in [0.1, 0.15) is 61.4 Å². The summed E-state index contributed by atoms with van der Waals surface area (Å²) in [5, 5.41) is 0.841. The summed E-state index contributed by atoms with van der Waals surface area (Å²) < 4.78 is 35.6. The van der Waals surface area contributed by atoms with Crippen LogP contribution in [0.25, 0.3) is 16.7 Å². The highest BCUT2D eigenvalue weighted by atomic mass is 32.2. The van der Waals surface area contributed by atoms with Gasteiger partial charge < -0.3 is 4.74 Å². The second kappa shape index (κ2) is 9.43. The van der Waals surface area contributed by atoms with E-state index < -0.39 is 16.0 Å². The van der Waals surface area contributed by atoms with Crippen molar-refractivity contribution in [2.24, 2.45) is 0 Å². The van der Waals surface area contributed by atoms with E-state index in [-0.39, 0.29) is 10.8 Å². The summed E-state index contributed by atoms with van der Waals surface area (Å²) in [5.41, 5.74) is 4.86. The lowest BCUT2D eigenvalue weighted by atomic mass is 9.86. The largest absolute Gasteiger partial charge is 0.424 e. The fraction of sp³-hybridized carbons (Fsp3) is 0.233. The summed E-state index contributed by atoms with van der Waals surface area (Å²) in [6.07, 6.45) is 2.56. The van der Waals surface area contributed by atoms with Crippen LogP contribution >= 0.6 is 0 Å². The molecule has 0 amide bonds. The molecule has 0 saturated carbocycles. The lowest BCUT2D eigenvalue weighted by molar-refractivity contribution is -0.134. The average Bonchev–Trinajstić information content (AvgIpc) is 3.36. The lowest BCUT2D eigenvalue weighted by Gasteiger charge is -2.18. The van der Waals surface area contributed by atoms with Crippen molar-refractivity contribution in [3.05, 3.63) is 107 Å². The minimum absolute atomic E-state index is 0.192. The summed E-state index contributed by atoms with van der Waals surface area (Å²) in [5.74, 6) is -0.309. The van der Waals surface area contributed by atoms with Crippen LogP contribution in [0, 0.1) is 6.92 Å². The molecule has 0 N–H and O–H groups in total. The molecule has 1 aliphatic rings. The number of hydrogen-bond donors (Lipinski definition) is 0. The predicted molar refractivity (Wildman–Crippen MR) is 142 cm³/mol. The molecule has 0 aliphatic heterocycles. The van der Waals surface area contributed by atoms with Crippen LogP contribution < -0.4 is 0 Å². The van der Waals surface area contributed by atoms with Gasteiger partial charge >= 0.3 is 5.97 Å². The smallest absolute Gasteiger partial charge is 0.308 e. The van der Waals surface area contributed by atoms with Crippen molar-refractivity contribution < 1.29 is 17.9 Å². The van der Waals surface area contributed by atoms with Gasteiger partial charge in [0.1, 0.15) is 5.69 Å². The number of para-hydroxylation sites is 1. The van der Waals surface area contributed by atoms with E-state index in [0.717, 1.165) is 40.5 Å². The number of esters is 1. The Kier molecular flexibility index (Phi) is 6.31. The van der Waals surface area contributed by atoms with Gasteiger partial charge in [-0.3, -0.25) is 4.79 Å². The SMILES string of the molecule is CCCCC1=C(OC(C)=O)c2c(c3ccccc3n2S(=O)(=O)c2ccc(C)cc2)C1c1ccccc1. The second-order valence-corrected chi connectivity index (χ2v) is 11.0. The highest BCUT2D eigenvalue weighted by Gasteiger charge is 2.41. The molecule has 0 fully saturated rings. The van der Waals surface area contributed by atoms with Crippen molar-refractivity contribution in [1.29, 1.82) is 0 Å². The zero-order chi connectivity index (χ0) is 25.4. The molecule has 1 aliphatic carbocycles. The van der Waals surface area contributed by atoms with Crippen LogP contribution in [0.15, 0.2) is 89.3 Å². The summed E-state index contributed by atoms with van der Waals surface area (Å²) in [7, 11) is -3.99. The summed E-state index contributed by atoms with van der Waals surface area (Å²) >= 11 is 0. The average molecular weight is 500 g/mol. The Morgan fingerprint density at radius 3 is 2.28 bits per heavy atom. The van der Waals surface area contributed by atoms with Gasteiger partial charge in [0.15, 0.2) is 5.76 Å². The molecule has 4 aromatic rings. The first-order chi connectivity index (χ1) is 17.3. The molecule has 3 aromatic carbocycles. The number of hydrogen-bond acceptors (Lipinski definition) is 4. The number of aromatic nitrogens is 1. The molecule has 1 atom stereocenters. The van der Waals surface area contributed by atoms with Crippen LogP contribution in [0.2, 0.25) is 0 Å². The van der Waals surface area contributed by atoms with Crippen LogP contribution in [0.5, 0.6) is 0 Å². The Bertz CT molecular complexity index is 1580. The van der Waals surface area contributed by atoms with Gasteiger partial charge in [-0.05, 0) is 49.1 Å². The van der Waals surface area contributed by atoms with Crippen LogP contribution in [-0.4, -0.2) is 18.4 Å². The molecule has 36 heavy (non-hydrogen) atoms. The highest BCUT2D eigenvalue weighted by Crippen LogP contribution is 2.52. The van der Waals surface area contributed by atoms with E-state index in [9.17, 15) is 13.2 Å². The first-order valence-corrected chi connectivity index (χ1v) is 13.7. The van der Waals surface area contributed by atoms with Crippen molar-refractivity contribution in [2.75, 3.05) is 0 Å². The molecule has 0 bridgehead atoms. The standard InChI is InChI=1S/C30H29NO4S/c1-4-5-13-25-27(22-11-7-6-8-12-22)28-24-14-9-10-15-26(24)31(29(28)30(25)35-21(3)32)36(33,34)23-18-16-20(2)17-19-23/h6-12,14-19,27H,4-5,13H2,1-3H3. The Hall–Kier alpha value is -3.64. The van der Waals surface area contributed by atoms with Gasteiger partial charge in [0.25, 0.3) is 10.0 Å². The van der Waals surface area contributed by atoms with Gasteiger partial charge in [-0.1, -0.05) is 79.6 Å². The first kappa shape index (κ1) is 24.1. The molecular formula is C30H29NO4S. The zero-order valence-corrected chi connectivity index (χ0v) is 21.5. The molecule has 1 aromatic heterocycles. The number of allylic oxidation sites excluding steroid dienone is 1. The molecule has 1 unspecified atom stereocenters. The van der Waals surface area contributed by atoms with Gasteiger partial charge in [-0.25, -0.2) is 12.4 Å². The number of carbonyl (C=O) groups is 1. The van der Waals surface area contributed by atoms with Crippen molar-refractivity contribution in [2.45, 2.75) is 50.8 Å². The fourth-order valence-corrected chi connectivity index (χ4v) is 6.69. The van der Waals surface area contributed by atoms with Gasteiger partial charge in [0.05, 0.1) is 10.4 Å². The number of unbranched alkanes of at least 4 members (excludes halogenated alkanes) is 1. The number of carbonyl (C=O) groups excluding carboxylic acids is 1. The van der Waals surface area contributed by atoms with Crippen LogP contribution in [0.3, 0.4) is 0 Å². The molecule has 5 nitrogen and oxygen atoms in total. The number of fused-ring (bicyclic) bond motifs is 3. The Labute approximate surface area is 212 Å². The number of rotatable bonds is 7. The third-order valence-electron chi connectivity index (χ3n) is 6.75. The Morgan fingerprint density at radius 1 is 0.944 bits per heavy atom. The summed E-state index contributed by atoms with van der Waals surface area (Å²) in [6, 6.07) is 24.4. The van der Waals surface area contributed by atoms with Crippen LogP contribution in [-0.2, 0) is 19.6 Å². The van der Waals surface area contributed by atoms with Gasteiger partial charge in [-0.2, -0.15) is 0 Å². The molecular weight excluding hydrogens is 470 g/mol.